The van der Waals surface area contributed by atoms with Crippen LogP contribution in [0.2, 0.25) is 0 Å². The van der Waals surface area contributed by atoms with E-state index in [1.54, 1.807) is 7.11 Å². The third kappa shape index (κ3) is 3.56. The molecule has 2 rings (SSSR count). The number of nitrogens with one attached hydrogen (secondary N) is 1. The molecule has 1 N–H and O–H groups in total. The van der Waals surface area contributed by atoms with E-state index in [1.807, 2.05) is 11.3 Å². The Morgan fingerprint density at radius 3 is 2.95 bits per heavy atom. The summed E-state index contributed by atoms with van der Waals surface area (Å²) >= 11 is 1.87. The molecule has 1 aliphatic rings. The Kier molecular flexibility index (Phi) is 5.79. The van der Waals surface area contributed by atoms with E-state index in [4.69, 9.17) is 9.72 Å². The Balaban J connectivity index is 2.15. The van der Waals surface area contributed by atoms with Crippen molar-refractivity contribution in [1.29, 1.82) is 0 Å². The molecular formula is C15H26N2OS. The molecule has 1 aliphatic carbocycles. The van der Waals surface area contributed by atoms with Crippen LogP contribution in [-0.2, 0) is 11.2 Å². The second kappa shape index (κ2) is 7.36. The Hall–Kier alpha value is -0.450. The first kappa shape index (κ1) is 14.9. The quantitative estimate of drug-likeness (QED) is 0.820. The average Bonchev–Trinajstić information content (AvgIpc) is 2.86. The largest absolute Gasteiger partial charge is 0.374 e. The number of hydrogen-bond acceptors (Lipinski definition) is 4. The van der Waals surface area contributed by atoms with Crippen LogP contribution in [0.5, 0.6) is 0 Å². The predicted molar refractivity (Wildman–Crippen MR) is 80.7 cm³/mol. The predicted octanol–water partition coefficient (Wildman–Crippen LogP) is 4.01. The van der Waals surface area contributed by atoms with Crippen LogP contribution >= 0.6 is 11.3 Å². The minimum absolute atomic E-state index is 0.187. The van der Waals surface area contributed by atoms with Crippen LogP contribution in [0, 0.1) is 0 Å². The van der Waals surface area contributed by atoms with Gasteiger partial charge in [0.25, 0.3) is 0 Å². The topological polar surface area (TPSA) is 34.1 Å². The van der Waals surface area contributed by atoms with Crippen LogP contribution in [0.4, 0.5) is 0 Å². The number of fused-ring (bicyclic) bond motifs is 1. The van der Waals surface area contributed by atoms with Gasteiger partial charge >= 0.3 is 0 Å². The van der Waals surface area contributed by atoms with Crippen LogP contribution in [0.25, 0.3) is 0 Å². The zero-order chi connectivity index (χ0) is 13.7. The fourth-order valence-corrected chi connectivity index (χ4v) is 3.98. The summed E-state index contributed by atoms with van der Waals surface area (Å²) in [5.74, 6) is 0. The van der Waals surface area contributed by atoms with Gasteiger partial charge in [0.15, 0.2) is 0 Å². The fraction of sp³-hybridized carbons (Fsp3) is 0.800. The lowest BCUT2D eigenvalue weighted by Crippen LogP contribution is -2.25. The number of ether oxygens (including phenoxy) is 1. The molecule has 0 saturated heterocycles. The van der Waals surface area contributed by atoms with Crippen LogP contribution in [0.1, 0.15) is 73.7 Å². The molecule has 1 aromatic heterocycles. The summed E-state index contributed by atoms with van der Waals surface area (Å²) in [5, 5.41) is 4.81. The third-order valence-corrected chi connectivity index (χ3v) is 4.95. The third-order valence-electron chi connectivity index (χ3n) is 3.72. The fourth-order valence-electron chi connectivity index (χ4n) is 2.70. The molecule has 19 heavy (non-hydrogen) atoms. The lowest BCUT2D eigenvalue weighted by atomic mass is 9.97. The van der Waals surface area contributed by atoms with Gasteiger partial charge in [0.2, 0.25) is 0 Å². The molecule has 1 heterocycles. The van der Waals surface area contributed by atoms with Crippen LogP contribution in [-0.4, -0.2) is 18.6 Å². The van der Waals surface area contributed by atoms with Gasteiger partial charge in [-0.1, -0.05) is 20.3 Å². The summed E-state index contributed by atoms with van der Waals surface area (Å²) in [6.07, 6.45) is 7.27. The van der Waals surface area contributed by atoms with Gasteiger partial charge in [-0.3, -0.25) is 0 Å². The molecular weight excluding hydrogens is 256 g/mol. The van der Waals surface area contributed by atoms with Gasteiger partial charge in [-0.05, 0) is 38.6 Å². The number of aromatic nitrogens is 1. The normalized spacial score (nSPS) is 20.3. The highest BCUT2D eigenvalue weighted by molar-refractivity contribution is 7.11. The number of rotatable bonds is 7. The monoisotopic (exact) mass is 282 g/mol. The maximum atomic E-state index is 5.60. The summed E-state index contributed by atoms with van der Waals surface area (Å²) in [6.45, 7) is 5.50. The number of methoxy groups -OCH3 is 1. The lowest BCUT2D eigenvalue weighted by molar-refractivity contribution is 0.0945. The van der Waals surface area contributed by atoms with Crippen LogP contribution in [0.3, 0.4) is 0 Å². The second-order valence-electron chi connectivity index (χ2n) is 5.27. The summed E-state index contributed by atoms with van der Waals surface area (Å²) in [6, 6.07) is 0.466. The number of nitrogens with zero attached hydrogens (tertiary/aromatic N) is 1. The average molecular weight is 282 g/mol. The summed E-state index contributed by atoms with van der Waals surface area (Å²) in [4.78, 5) is 6.39. The van der Waals surface area contributed by atoms with Gasteiger partial charge in [0, 0.05) is 12.0 Å². The zero-order valence-electron chi connectivity index (χ0n) is 12.4. The van der Waals surface area contributed by atoms with E-state index >= 15 is 0 Å². The minimum atomic E-state index is 0.187. The van der Waals surface area contributed by atoms with E-state index in [0.29, 0.717) is 6.04 Å². The van der Waals surface area contributed by atoms with E-state index < -0.39 is 0 Å². The summed E-state index contributed by atoms with van der Waals surface area (Å²) in [5.41, 5.74) is 1.30. The molecule has 0 spiro atoms. The van der Waals surface area contributed by atoms with Crippen LogP contribution in [0.15, 0.2) is 0 Å². The maximum absolute atomic E-state index is 5.60. The van der Waals surface area contributed by atoms with Crippen molar-refractivity contribution in [2.75, 3.05) is 13.7 Å². The van der Waals surface area contributed by atoms with Crippen molar-refractivity contribution in [1.82, 2.24) is 10.3 Å². The van der Waals surface area contributed by atoms with Crippen molar-refractivity contribution in [2.45, 2.75) is 64.5 Å². The van der Waals surface area contributed by atoms with Gasteiger partial charge in [-0.2, -0.15) is 0 Å². The Labute approximate surface area is 120 Å². The molecule has 3 nitrogen and oxygen atoms in total. The Bertz CT molecular complexity index is 391. The molecule has 0 amide bonds. The molecule has 0 aliphatic heterocycles. The van der Waals surface area contributed by atoms with Gasteiger partial charge < -0.3 is 10.1 Å². The Morgan fingerprint density at radius 2 is 2.26 bits per heavy atom. The smallest absolute Gasteiger partial charge is 0.122 e. The van der Waals surface area contributed by atoms with E-state index in [-0.39, 0.29) is 6.10 Å². The molecule has 2 atom stereocenters. The summed E-state index contributed by atoms with van der Waals surface area (Å²) < 4.78 is 5.60. The van der Waals surface area contributed by atoms with Crippen molar-refractivity contribution in [3.05, 3.63) is 15.6 Å². The SMILES string of the molecule is CCCNC1CCCc2sc(C(CCC)OC)nc21. The first-order valence-corrected chi connectivity index (χ1v) is 8.37. The molecule has 0 saturated carbocycles. The zero-order valence-corrected chi connectivity index (χ0v) is 13.2. The van der Waals surface area contributed by atoms with Gasteiger partial charge in [0.05, 0.1) is 11.7 Å². The van der Waals surface area contributed by atoms with E-state index in [0.717, 1.165) is 19.4 Å². The van der Waals surface area contributed by atoms with Gasteiger partial charge in [-0.25, -0.2) is 4.98 Å². The molecule has 0 bridgehead atoms. The van der Waals surface area contributed by atoms with E-state index in [9.17, 15) is 0 Å². The van der Waals surface area contributed by atoms with E-state index in [1.165, 1.54) is 41.3 Å². The second-order valence-corrected chi connectivity index (χ2v) is 6.39. The summed E-state index contributed by atoms with van der Waals surface area (Å²) in [7, 11) is 1.80. The Morgan fingerprint density at radius 1 is 1.42 bits per heavy atom. The molecule has 4 heteroatoms. The van der Waals surface area contributed by atoms with Gasteiger partial charge in [0.1, 0.15) is 11.1 Å². The van der Waals surface area contributed by atoms with Crippen molar-refractivity contribution < 1.29 is 4.74 Å². The maximum Gasteiger partial charge on any atom is 0.122 e. The molecule has 108 valence electrons. The van der Waals surface area contributed by atoms with Crippen molar-refractivity contribution in [3.8, 4) is 0 Å². The highest BCUT2D eigenvalue weighted by atomic mass is 32.1. The lowest BCUT2D eigenvalue weighted by Gasteiger charge is -2.22. The number of hydrogen-bond donors (Lipinski definition) is 1. The highest BCUT2D eigenvalue weighted by Crippen LogP contribution is 2.36. The number of thiazole rings is 1. The first-order chi connectivity index (χ1) is 9.30. The molecule has 2 unspecified atom stereocenters. The highest BCUT2D eigenvalue weighted by Gasteiger charge is 2.26. The van der Waals surface area contributed by atoms with Crippen molar-refractivity contribution >= 4 is 11.3 Å². The standard InChI is InChI=1S/C15H26N2OS/c1-4-7-12(18-3)15-17-14-11(16-10-5-2)8-6-9-13(14)19-15/h11-12,16H,4-10H2,1-3H3. The molecule has 1 aromatic rings. The van der Waals surface area contributed by atoms with Crippen molar-refractivity contribution in [3.63, 3.8) is 0 Å². The first-order valence-electron chi connectivity index (χ1n) is 7.55. The molecule has 0 radical (unpaired) electrons. The van der Waals surface area contributed by atoms with E-state index in [2.05, 4.69) is 19.2 Å². The molecule has 0 aromatic carbocycles. The van der Waals surface area contributed by atoms with Gasteiger partial charge in [-0.15, -0.1) is 11.3 Å². The number of aryl methyl sites for hydroxylation is 1. The minimum Gasteiger partial charge on any atom is -0.374 e. The van der Waals surface area contributed by atoms with Crippen LogP contribution < -0.4 is 5.32 Å². The molecule has 0 fully saturated rings. The van der Waals surface area contributed by atoms with Crippen molar-refractivity contribution in [2.24, 2.45) is 0 Å².